The van der Waals surface area contributed by atoms with Crippen molar-refractivity contribution in [1.82, 2.24) is 14.2 Å². The highest BCUT2D eigenvalue weighted by Gasteiger charge is 2.23. The number of likely N-dealkylation sites (N-methyl/N-ethyl adjacent to an activating group) is 1. The molecule has 0 saturated heterocycles. The number of quaternary nitrogens is 1. The van der Waals surface area contributed by atoms with Gasteiger partial charge in [0.15, 0.2) is 5.65 Å². The Morgan fingerprint density at radius 3 is 2.64 bits per heavy atom. The maximum Gasteiger partial charge on any atom is 0.344 e. The van der Waals surface area contributed by atoms with Gasteiger partial charge in [-0.15, -0.1) is 0 Å². The Balaban J connectivity index is 2.06. The highest BCUT2D eigenvalue weighted by atomic mass is 16.5. The highest BCUT2D eigenvalue weighted by Crippen LogP contribution is 2.24. The molecule has 0 saturated carbocycles. The normalized spacial score (nSPS) is 11.7. The summed E-state index contributed by atoms with van der Waals surface area (Å²) < 4.78 is 9.22. The van der Waals surface area contributed by atoms with Gasteiger partial charge in [-0.2, -0.15) is 5.10 Å². The number of nitrogens with one attached hydrogen (secondary N) is 1. The Bertz CT molecular complexity index is 845. The van der Waals surface area contributed by atoms with Crippen molar-refractivity contribution in [3.8, 4) is 0 Å². The fraction of sp³-hybridized carbons (Fsp3) is 0.375. The fourth-order valence-electron chi connectivity index (χ4n) is 2.69. The number of carbonyl (C=O) groups excluding carboxylic acids is 1. The quantitative estimate of drug-likeness (QED) is 0.711. The molecule has 3 rings (SSSR count). The zero-order valence-corrected chi connectivity index (χ0v) is 13.4. The highest BCUT2D eigenvalue weighted by molar-refractivity contribution is 5.99. The van der Waals surface area contributed by atoms with Gasteiger partial charge in [0, 0.05) is 7.05 Å². The zero-order valence-electron chi connectivity index (χ0n) is 13.4. The molecule has 3 aromatic rings. The zero-order chi connectivity index (χ0) is 15.9. The number of fused-ring (bicyclic) bond motifs is 3. The number of esters is 1. The number of aryl methyl sites for hydroxylation is 2. The van der Waals surface area contributed by atoms with Crippen LogP contribution in [0.3, 0.4) is 0 Å². The Hall–Kier alpha value is -2.34. The van der Waals surface area contributed by atoms with Gasteiger partial charge in [0.2, 0.25) is 0 Å². The summed E-state index contributed by atoms with van der Waals surface area (Å²) in [6, 6.07) is 7.96. The Morgan fingerprint density at radius 1 is 1.27 bits per heavy atom. The van der Waals surface area contributed by atoms with Gasteiger partial charge in [-0.1, -0.05) is 12.1 Å². The first-order chi connectivity index (χ1) is 10.5. The Kier molecular flexibility index (Phi) is 3.62. The molecule has 0 spiro atoms. The van der Waals surface area contributed by atoms with Crippen molar-refractivity contribution in [2.24, 2.45) is 7.05 Å². The summed E-state index contributed by atoms with van der Waals surface area (Å²) in [6.45, 7) is 3.03. The first-order valence-electron chi connectivity index (χ1n) is 7.39. The maximum atomic E-state index is 12.5. The lowest BCUT2D eigenvalue weighted by atomic mass is 10.2. The van der Waals surface area contributed by atoms with Crippen LogP contribution in [0.5, 0.6) is 0 Å². The average molecular weight is 301 g/mol. The monoisotopic (exact) mass is 301 g/mol. The number of imidazole rings is 1. The van der Waals surface area contributed by atoms with E-state index < -0.39 is 0 Å². The summed E-state index contributed by atoms with van der Waals surface area (Å²) in [6.07, 6.45) is 0. The summed E-state index contributed by atoms with van der Waals surface area (Å²) in [5.74, 6) is -0.306. The summed E-state index contributed by atoms with van der Waals surface area (Å²) in [5, 5.41) is 4.52. The van der Waals surface area contributed by atoms with Gasteiger partial charge in [0.1, 0.15) is 18.7 Å². The molecule has 22 heavy (non-hydrogen) atoms. The topological polar surface area (TPSA) is 53.0 Å². The van der Waals surface area contributed by atoms with E-state index in [1.165, 1.54) is 4.90 Å². The van der Waals surface area contributed by atoms with Gasteiger partial charge >= 0.3 is 5.97 Å². The third-order valence-electron chi connectivity index (χ3n) is 3.86. The standard InChI is InChI=1S/C16H20N4O2/c1-11-14(16(21)22-10-9-18(2)3)15-19(4)12-7-5-6-8-13(12)20(15)17-11/h5-8H,9-10H2,1-4H3/p+1. The smallest absolute Gasteiger partial charge is 0.344 e. The van der Waals surface area contributed by atoms with Crippen molar-refractivity contribution < 1.29 is 14.4 Å². The third kappa shape index (κ3) is 2.25. The van der Waals surface area contributed by atoms with Gasteiger partial charge in [-0.25, -0.2) is 9.31 Å². The minimum atomic E-state index is -0.306. The molecule has 0 aliphatic carbocycles. The molecular formula is C16H21N4O2+. The van der Waals surface area contributed by atoms with Crippen molar-refractivity contribution in [3.63, 3.8) is 0 Å². The lowest BCUT2D eigenvalue weighted by Crippen LogP contribution is -3.06. The number of carbonyl (C=O) groups is 1. The van der Waals surface area contributed by atoms with Gasteiger partial charge in [0.05, 0.1) is 30.8 Å². The molecule has 0 aliphatic heterocycles. The lowest BCUT2D eigenvalue weighted by molar-refractivity contribution is -0.858. The average Bonchev–Trinajstić information content (AvgIpc) is 2.95. The second-order valence-electron chi connectivity index (χ2n) is 5.84. The van der Waals surface area contributed by atoms with E-state index >= 15 is 0 Å². The van der Waals surface area contributed by atoms with E-state index in [-0.39, 0.29) is 5.97 Å². The molecule has 2 aromatic heterocycles. The van der Waals surface area contributed by atoms with Crippen LogP contribution in [-0.4, -0.2) is 47.4 Å². The minimum Gasteiger partial charge on any atom is -0.456 e. The Labute approximate surface area is 128 Å². The molecule has 1 aromatic carbocycles. The number of nitrogens with zero attached hydrogens (tertiary/aromatic N) is 3. The molecule has 0 unspecified atom stereocenters. The van der Waals surface area contributed by atoms with Crippen LogP contribution in [0.2, 0.25) is 0 Å². The lowest BCUT2D eigenvalue weighted by Gasteiger charge is -2.08. The number of ether oxygens (including phenoxy) is 1. The largest absolute Gasteiger partial charge is 0.456 e. The van der Waals surface area contributed by atoms with Crippen LogP contribution in [0.25, 0.3) is 16.7 Å². The van der Waals surface area contributed by atoms with E-state index in [9.17, 15) is 4.79 Å². The number of benzene rings is 1. The number of hydrogen-bond donors (Lipinski definition) is 1. The first-order valence-corrected chi connectivity index (χ1v) is 7.39. The number of aromatic nitrogens is 3. The van der Waals surface area contributed by atoms with Crippen molar-refractivity contribution in [2.45, 2.75) is 6.92 Å². The van der Waals surface area contributed by atoms with Crippen LogP contribution in [0.4, 0.5) is 0 Å². The second kappa shape index (κ2) is 5.46. The van der Waals surface area contributed by atoms with Crippen LogP contribution < -0.4 is 4.90 Å². The molecule has 6 nitrogen and oxygen atoms in total. The van der Waals surface area contributed by atoms with Crippen LogP contribution in [0.1, 0.15) is 16.1 Å². The van der Waals surface area contributed by atoms with Gasteiger partial charge in [-0.3, -0.25) is 0 Å². The minimum absolute atomic E-state index is 0.306. The molecule has 2 heterocycles. The predicted molar refractivity (Wildman–Crippen MR) is 84.4 cm³/mol. The molecular weight excluding hydrogens is 280 g/mol. The molecule has 0 fully saturated rings. The predicted octanol–water partition coefficient (Wildman–Crippen LogP) is 0.436. The Morgan fingerprint density at radius 2 is 1.95 bits per heavy atom. The first kappa shape index (κ1) is 14.6. The number of para-hydroxylation sites is 2. The van der Waals surface area contributed by atoms with Crippen LogP contribution >= 0.6 is 0 Å². The summed E-state index contributed by atoms with van der Waals surface area (Å²) >= 11 is 0. The SMILES string of the molecule is Cc1nn2c3ccccc3n(C)c2c1C(=O)OCC[NH+](C)C. The summed E-state index contributed by atoms with van der Waals surface area (Å²) in [7, 11) is 6.00. The maximum absolute atomic E-state index is 12.5. The molecule has 0 atom stereocenters. The molecule has 1 N–H and O–H groups in total. The van der Waals surface area contributed by atoms with Crippen molar-refractivity contribution in [1.29, 1.82) is 0 Å². The van der Waals surface area contributed by atoms with Gasteiger partial charge < -0.3 is 14.2 Å². The third-order valence-corrected chi connectivity index (χ3v) is 3.86. The molecule has 116 valence electrons. The van der Waals surface area contributed by atoms with E-state index in [1.807, 2.05) is 61.4 Å². The van der Waals surface area contributed by atoms with Crippen molar-refractivity contribution >= 4 is 22.6 Å². The molecule has 0 radical (unpaired) electrons. The molecule has 0 aliphatic rings. The fourth-order valence-corrected chi connectivity index (χ4v) is 2.69. The van der Waals surface area contributed by atoms with Crippen LogP contribution in [0.15, 0.2) is 24.3 Å². The second-order valence-corrected chi connectivity index (χ2v) is 5.84. The van der Waals surface area contributed by atoms with Crippen molar-refractivity contribution in [2.75, 3.05) is 27.2 Å². The van der Waals surface area contributed by atoms with E-state index in [2.05, 4.69) is 5.10 Å². The van der Waals surface area contributed by atoms with Crippen LogP contribution in [0, 0.1) is 6.92 Å². The van der Waals surface area contributed by atoms with Crippen molar-refractivity contribution in [3.05, 3.63) is 35.5 Å². The van der Waals surface area contributed by atoms with E-state index in [1.54, 1.807) is 0 Å². The molecule has 0 bridgehead atoms. The number of hydrogen-bond acceptors (Lipinski definition) is 3. The number of rotatable bonds is 4. The molecule has 6 heteroatoms. The van der Waals surface area contributed by atoms with E-state index in [0.29, 0.717) is 17.9 Å². The summed E-state index contributed by atoms with van der Waals surface area (Å²) in [5.41, 5.74) is 4.04. The van der Waals surface area contributed by atoms with Crippen LogP contribution in [-0.2, 0) is 11.8 Å². The van der Waals surface area contributed by atoms with E-state index in [4.69, 9.17) is 4.74 Å². The summed E-state index contributed by atoms with van der Waals surface area (Å²) in [4.78, 5) is 13.7. The van der Waals surface area contributed by atoms with E-state index in [0.717, 1.165) is 23.2 Å². The van der Waals surface area contributed by atoms with Gasteiger partial charge in [0.25, 0.3) is 0 Å². The molecule has 0 amide bonds. The van der Waals surface area contributed by atoms with Gasteiger partial charge in [-0.05, 0) is 19.1 Å².